The van der Waals surface area contributed by atoms with Crippen LogP contribution in [0.5, 0.6) is 0 Å². The molecular formula is C23H29NO6. The molecule has 1 heterocycles. The summed E-state index contributed by atoms with van der Waals surface area (Å²) in [5.74, 6) is -0.707. The predicted octanol–water partition coefficient (Wildman–Crippen LogP) is 0.0310. The Kier molecular flexibility index (Phi) is 7.23. The summed E-state index contributed by atoms with van der Waals surface area (Å²) in [5, 5.41) is 48.4. The SMILES string of the molecule is O=C([C@@H](O)[C@@H](O)[C@H](O)[C@H](O)CO)N1CCC(c2ccccc2)(c2ccccc2)CC1. The number of piperidine rings is 1. The zero-order valence-corrected chi connectivity index (χ0v) is 16.7. The van der Waals surface area contributed by atoms with Gasteiger partial charge in [0.15, 0.2) is 6.10 Å². The van der Waals surface area contributed by atoms with Crippen molar-refractivity contribution in [1.82, 2.24) is 4.90 Å². The second kappa shape index (κ2) is 9.68. The van der Waals surface area contributed by atoms with Gasteiger partial charge in [0, 0.05) is 18.5 Å². The van der Waals surface area contributed by atoms with Crippen LogP contribution in [0.3, 0.4) is 0 Å². The molecule has 1 aliphatic heterocycles. The molecule has 7 heteroatoms. The molecule has 0 aromatic heterocycles. The van der Waals surface area contributed by atoms with Gasteiger partial charge in [0.2, 0.25) is 0 Å². The molecule has 0 radical (unpaired) electrons. The molecule has 162 valence electrons. The third-order valence-corrected chi connectivity index (χ3v) is 6.09. The molecule has 1 amide bonds. The maximum atomic E-state index is 12.7. The van der Waals surface area contributed by atoms with Crippen LogP contribution in [-0.2, 0) is 10.2 Å². The molecule has 3 rings (SSSR count). The van der Waals surface area contributed by atoms with Gasteiger partial charge in [0.05, 0.1) is 6.61 Å². The van der Waals surface area contributed by atoms with Gasteiger partial charge in [-0.25, -0.2) is 0 Å². The van der Waals surface area contributed by atoms with E-state index in [-0.39, 0.29) is 5.41 Å². The van der Waals surface area contributed by atoms with Gasteiger partial charge in [-0.2, -0.15) is 0 Å². The lowest BCUT2D eigenvalue weighted by atomic mass is 9.68. The van der Waals surface area contributed by atoms with Crippen molar-refractivity contribution in [2.45, 2.75) is 42.7 Å². The molecule has 1 fully saturated rings. The monoisotopic (exact) mass is 415 g/mol. The zero-order valence-electron chi connectivity index (χ0n) is 16.7. The molecule has 0 unspecified atom stereocenters. The molecule has 4 atom stereocenters. The van der Waals surface area contributed by atoms with Gasteiger partial charge in [-0.3, -0.25) is 4.79 Å². The summed E-state index contributed by atoms with van der Waals surface area (Å²) in [7, 11) is 0. The zero-order chi connectivity index (χ0) is 21.7. The number of carbonyl (C=O) groups excluding carboxylic acids is 1. The van der Waals surface area contributed by atoms with E-state index in [1.165, 1.54) is 4.90 Å². The number of benzene rings is 2. The maximum absolute atomic E-state index is 12.7. The Bertz CT molecular complexity index is 765. The smallest absolute Gasteiger partial charge is 0.254 e. The molecule has 7 nitrogen and oxygen atoms in total. The number of aliphatic hydroxyl groups is 5. The fraction of sp³-hybridized carbons (Fsp3) is 0.435. The van der Waals surface area contributed by atoms with Gasteiger partial charge < -0.3 is 30.4 Å². The summed E-state index contributed by atoms with van der Waals surface area (Å²) in [6.45, 7) is -0.0599. The van der Waals surface area contributed by atoms with Gasteiger partial charge in [-0.15, -0.1) is 0 Å². The number of likely N-dealkylation sites (tertiary alicyclic amines) is 1. The number of hydrogen-bond acceptors (Lipinski definition) is 6. The molecule has 1 saturated heterocycles. The van der Waals surface area contributed by atoms with Gasteiger partial charge in [-0.05, 0) is 24.0 Å². The Morgan fingerprint density at radius 2 is 1.30 bits per heavy atom. The summed E-state index contributed by atoms with van der Waals surface area (Å²) in [4.78, 5) is 14.2. The number of carbonyl (C=O) groups is 1. The normalized spacial score (nSPS) is 20.2. The lowest BCUT2D eigenvalue weighted by molar-refractivity contribution is -0.159. The maximum Gasteiger partial charge on any atom is 0.254 e. The summed E-state index contributed by atoms with van der Waals surface area (Å²) in [6, 6.07) is 20.2. The van der Waals surface area contributed by atoms with Crippen LogP contribution < -0.4 is 0 Å². The van der Waals surface area contributed by atoms with Gasteiger partial charge in [0.1, 0.15) is 18.3 Å². The van der Waals surface area contributed by atoms with Crippen molar-refractivity contribution in [2.75, 3.05) is 19.7 Å². The van der Waals surface area contributed by atoms with Crippen LogP contribution in [0.25, 0.3) is 0 Å². The number of rotatable bonds is 7. The van der Waals surface area contributed by atoms with Crippen LogP contribution in [0.15, 0.2) is 60.7 Å². The van der Waals surface area contributed by atoms with Crippen LogP contribution in [0.2, 0.25) is 0 Å². The van der Waals surface area contributed by atoms with E-state index in [1.54, 1.807) is 0 Å². The van der Waals surface area contributed by atoms with Gasteiger partial charge >= 0.3 is 0 Å². The first-order valence-electron chi connectivity index (χ1n) is 10.1. The van der Waals surface area contributed by atoms with E-state index in [2.05, 4.69) is 24.3 Å². The van der Waals surface area contributed by atoms with Gasteiger partial charge in [0.25, 0.3) is 5.91 Å². The standard InChI is InChI=1S/C23H29NO6/c25-15-18(26)19(27)20(28)21(29)22(30)24-13-11-23(12-14-24,16-7-3-1-4-8-16)17-9-5-2-6-10-17/h1-10,18-21,25-29H,11-15H2/t18-,19-,20+,21+/m1/s1. The van der Waals surface area contributed by atoms with Crippen LogP contribution >= 0.6 is 0 Å². The van der Waals surface area contributed by atoms with Crippen molar-refractivity contribution < 1.29 is 30.3 Å². The summed E-state index contributed by atoms with van der Waals surface area (Å²) in [6.07, 6.45) is -5.98. The molecular weight excluding hydrogens is 386 g/mol. The average Bonchev–Trinajstić information content (AvgIpc) is 2.82. The van der Waals surface area contributed by atoms with Crippen LogP contribution in [0, 0.1) is 0 Å². The Morgan fingerprint density at radius 1 is 0.833 bits per heavy atom. The third-order valence-electron chi connectivity index (χ3n) is 6.09. The topological polar surface area (TPSA) is 121 Å². The summed E-state index contributed by atoms with van der Waals surface area (Å²) in [5.41, 5.74) is 2.05. The van der Waals surface area contributed by atoms with Crippen LogP contribution in [-0.4, -0.2) is 80.5 Å². The molecule has 0 saturated carbocycles. The molecule has 0 spiro atoms. The fourth-order valence-electron chi connectivity index (χ4n) is 4.22. The third kappa shape index (κ3) is 4.40. The number of aliphatic hydroxyl groups excluding tert-OH is 5. The second-order valence-corrected chi connectivity index (χ2v) is 7.82. The first-order valence-corrected chi connectivity index (χ1v) is 10.1. The minimum atomic E-state index is -1.89. The predicted molar refractivity (Wildman–Crippen MR) is 111 cm³/mol. The van der Waals surface area contributed by atoms with E-state index in [1.807, 2.05) is 36.4 Å². The van der Waals surface area contributed by atoms with Gasteiger partial charge in [-0.1, -0.05) is 60.7 Å². The molecule has 30 heavy (non-hydrogen) atoms. The van der Waals surface area contributed by atoms with Crippen molar-refractivity contribution in [2.24, 2.45) is 0 Å². The molecule has 2 aromatic carbocycles. The molecule has 2 aromatic rings. The number of amides is 1. The highest BCUT2D eigenvalue weighted by Crippen LogP contribution is 2.41. The Balaban J connectivity index is 1.76. The van der Waals surface area contributed by atoms with E-state index in [0.29, 0.717) is 25.9 Å². The first-order chi connectivity index (χ1) is 14.4. The fourth-order valence-corrected chi connectivity index (χ4v) is 4.22. The summed E-state index contributed by atoms with van der Waals surface area (Å²) >= 11 is 0. The minimum absolute atomic E-state index is 0.268. The lowest BCUT2D eigenvalue weighted by Gasteiger charge is -2.43. The molecule has 5 N–H and O–H groups in total. The molecule has 1 aliphatic rings. The minimum Gasteiger partial charge on any atom is -0.394 e. The van der Waals surface area contributed by atoms with Crippen molar-refractivity contribution in [3.8, 4) is 0 Å². The number of nitrogens with zero attached hydrogens (tertiary/aromatic N) is 1. The van der Waals surface area contributed by atoms with Crippen molar-refractivity contribution in [3.63, 3.8) is 0 Å². The number of hydrogen-bond donors (Lipinski definition) is 5. The Labute approximate surface area is 175 Å². The van der Waals surface area contributed by atoms with E-state index in [0.717, 1.165) is 11.1 Å². The highest BCUT2D eigenvalue weighted by atomic mass is 16.4. The average molecular weight is 415 g/mol. The van der Waals surface area contributed by atoms with Crippen molar-refractivity contribution in [1.29, 1.82) is 0 Å². The largest absolute Gasteiger partial charge is 0.394 e. The highest BCUT2D eigenvalue weighted by molar-refractivity contribution is 5.81. The second-order valence-electron chi connectivity index (χ2n) is 7.82. The van der Waals surface area contributed by atoms with Crippen molar-refractivity contribution in [3.05, 3.63) is 71.8 Å². The van der Waals surface area contributed by atoms with Crippen LogP contribution in [0.4, 0.5) is 0 Å². The van der Waals surface area contributed by atoms with E-state index >= 15 is 0 Å². The lowest BCUT2D eigenvalue weighted by Crippen LogP contribution is -2.55. The molecule has 0 aliphatic carbocycles. The quantitative estimate of drug-likeness (QED) is 0.435. The first kappa shape index (κ1) is 22.4. The highest BCUT2D eigenvalue weighted by Gasteiger charge is 2.42. The van der Waals surface area contributed by atoms with E-state index < -0.39 is 36.9 Å². The summed E-state index contributed by atoms with van der Waals surface area (Å²) < 4.78 is 0. The van der Waals surface area contributed by atoms with Crippen molar-refractivity contribution >= 4 is 5.91 Å². The van der Waals surface area contributed by atoms with Crippen LogP contribution in [0.1, 0.15) is 24.0 Å². The van der Waals surface area contributed by atoms with E-state index in [9.17, 15) is 25.2 Å². The Hall–Kier alpha value is -2.29. The van der Waals surface area contributed by atoms with E-state index in [4.69, 9.17) is 5.11 Å². The Morgan fingerprint density at radius 3 is 1.73 bits per heavy atom. The molecule has 0 bridgehead atoms.